The Morgan fingerprint density at radius 3 is 2.83 bits per heavy atom. The minimum Gasteiger partial charge on any atom is -0.496 e. The number of nitrogens with zero attached hydrogens (tertiary/aromatic N) is 1. The number of methoxy groups -OCH3 is 1. The summed E-state index contributed by atoms with van der Waals surface area (Å²) in [5.41, 5.74) is 0.537. The van der Waals surface area contributed by atoms with Gasteiger partial charge in [-0.15, -0.1) is 11.8 Å². The molecule has 0 spiro atoms. The standard InChI is InChI=1S/C17H23NO4S/c1-4-22-17(20)12-6-5-9-18(11-12)16(19)14-8-7-13(23-3)10-15(14)21-2/h7-8,10,12H,4-6,9,11H2,1-3H3/t12-/m1/s1. The molecule has 0 unspecified atom stereocenters. The van der Waals surface area contributed by atoms with Crippen LogP contribution >= 0.6 is 11.8 Å². The molecule has 0 radical (unpaired) electrons. The molecule has 1 amide bonds. The minimum absolute atomic E-state index is 0.0940. The SMILES string of the molecule is CCOC(=O)[C@@H]1CCCN(C(=O)c2ccc(SC)cc2OC)C1. The Hall–Kier alpha value is -1.69. The average Bonchev–Trinajstić information content (AvgIpc) is 2.60. The lowest BCUT2D eigenvalue weighted by molar-refractivity contribution is -0.149. The first-order valence-electron chi connectivity index (χ1n) is 7.78. The Kier molecular flexibility index (Phi) is 6.33. The number of amides is 1. The Bertz CT molecular complexity index is 576. The van der Waals surface area contributed by atoms with E-state index in [0.717, 1.165) is 17.7 Å². The molecule has 1 aliphatic rings. The molecule has 1 atom stereocenters. The van der Waals surface area contributed by atoms with Crippen LogP contribution in [-0.2, 0) is 9.53 Å². The van der Waals surface area contributed by atoms with Crippen molar-refractivity contribution in [1.82, 2.24) is 4.90 Å². The van der Waals surface area contributed by atoms with Crippen LogP contribution in [0.15, 0.2) is 23.1 Å². The monoisotopic (exact) mass is 337 g/mol. The Labute approximate surface area is 141 Å². The summed E-state index contributed by atoms with van der Waals surface area (Å²) in [6.45, 7) is 3.22. The van der Waals surface area contributed by atoms with Gasteiger partial charge in [-0.25, -0.2) is 0 Å². The van der Waals surface area contributed by atoms with Crippen LogP contribution in [0.5, 0.6) is 5.75 Å². The molecule has 1 aliphatic heterocycles. The van der Waals surface area contributed by atoms with E-state index in [0.29, 0.717) is 31.0 Å². The van der Waals surface area contributed by atoms with Gasteiger partial charge in [0.15, 0.2) is 0 Å². The quantitative estimate of drug-likeness (QED) is 0.611. The van der Waals surface area contributed by atoms with Crippen molar-refractivity contribution in [3.05, 3.63) is 23.8 Å². The van der Waals surface area contributed by atoms with Gasteiger partial charge >= 0.3 is 5.97 Å². The molecule has 1 aromatic rings. The molecule has 1 saturated heterocycles. The molecule has 1 aromatic carbocycles. The van der Waals surface area contributed by atoms with Crippen LogP contribution in [0.2, 0.25) is 0 Å². The van der Waals surface area contributed by atoms with Crippen LogP contribution < -0.4 is 4.74 Å². The van der Waals surface area contributed by atoms with Crippen molar-refractivity contribution < 1.29 is 19.1 Å². The average molecular weight is 337 g/mol. The van der Waals surface area contributed by atoms with Gasteiger partial charge in [0, 0.05) is 18.0 Å². The summed E-state index contributed by atoms with van der Waals surface area (Å²) >= 11 is 1.60. The van der Waals surface area contributed by atoms with Crippen molar-refractivity contribution >= 4 is 23.6 Å². The normalized spacial score (nSPS) is 17.7. The van der Waals surface area contributed by atoms with E-state index in [4.69, 9.17) is 9.47 Å². The first kappa shape index (κ1) is 17.7. The lowest BCUT2D eigenvalue weighted by atomic mass is 9.97. The summed E-state index contributed by atoms with van der Waals surface area (Å²) < 4.78 is 10.4. The molecule has 0 aliphatic carbocycles. The van der Waals surface area contributed by atoms with Crippen LogP contribution in [0, 0.1) is 5.92 Å². The van der Waals surface area contributed by atoms with E-state index in [1.807, 2.05) is 18.4 Å². The number of carbonyl (C=O) groups is 2. The molecule has 5 nitrogen and oxygen atoms in total. The zero-order valence-corrected chi connectivity index (χ0v) is 14.6. The summed E-state index contributed by atoms with van der Waals surface area (Å²) in [5, 5.41) is 0. The highest BCUT2D eigenvalue weighted by molar-refractivity contribution is 7.98. The second-order valence-electron chi connectivity index (χ2n) is 5.41. The van der Waals surface area contributed by atoms with E-state index >= 15 is 0 Å². The molecule has 6 heteroatoms. The molecule has 126 valence electrons. The van der Waals surface area contributed by atoms with Gasteiger partial charge in [-0.1, -0.05) is 0 Å². The van der Waals surface area contributed by atoms with Gasteiger partial charge in [-0.05, 0) is 44.2 Å². The van der Waals surface area contributed by atoms with Crippen molar-refractivity contribution in [2.75, 3.05) is 33.1 Å². The zero-order chi connectivity index (χ0) is 16.8. The second-order valence-corrected chi connectivity index (χ2v) is 6.29. The minimum atomic E-state index is -0.232. The third-order valence-corrected chi connectivity index (χ3v) is 4.69. The van der Waals surface area contributed by atoms with Crippen LogP contribution in [0.4, 0.5) is 0 Å². The zero-order valence-electron chi connectivity index (χ0n) is 13.8. The number of benzene rings is 1. The Morgan fingerprint density at radius 1 is 1.39 bits per heavy atom. The summed E-state index contributed by atoms with van der Waals surface area (Å²) in [5.74, 6) is 0.0300. The van der Waals surface area contributed by atoms with E-state index in [9.17, 15) is 9.59 Å². The maximum absolute atomic E-state index is 12.8. The highest BCUT2D eigenvalue weighted by Crippen LogP contribution is 2.28. The third kappa shape index (κ3) is 4.19. The summed E-state index contributed by atoms with van der Waals surface area (Å²) in [6, 6.07) is 5.57. The lowest BCUT2D eigenvalue weighted by Crippen LogP contribution is -2.42. The first-order valence-corrected chi connectivity index (χ1v) is 9.01. The fourth-order valence-corrected chi connectivity index (χ4v) is 3.19. The number of hydrogen-bond donors (Lipinski definition) is 0. The van der Waals surface area contributed by atoms with Gasteiger partial charge in [-0.2, -0.15) is 0 Å². The molecule has 0 saturated carbocycles. The van der Waals surface area contributed by atoms with E-state index in [1.165, 1.54) is 0 Å². The first-order chi connectivity index (χ1) is 11.1. The second kappa shape index (κ2) is 8.24. The fraction of sp³-hybridized carbons (Fsp3) is 0.529. The topological polar surface area (TPSA) is 55.8 Å². The maximum Gasteiger partial charge on any atom is 0.310 e. The molecule has 2 rings (SSSR count). The van der Waals surface area contributed by atoms with Crippen LogP contribution in [-0.4, -0.2) is 49.8 Å². The Balaban J connectivity index is 2.15. The summed E-state index contributed by atoms with van der Waals surface area (Å²) in [4.78, 5) is 27.5. The molecule has 0 bridgehead atoms. The maximum atomic E-state index is 12.8. The van der Waals surface area contributed by atoms with Crippen molar-refractivity contribution in [2.24, 2.45) is 5.92 Å². The van der Waals surface area contributed by atoms with Gasteiger partial charge in [0.2, 0.25) is 0 Å². The number of thioether (sulfide) groups is 1. The number of hydrogen-bond acceptors (Lipinski definition) is 5. The highest BCUT2D eigenvalue weighted by Gasteiger charge is 2.30. The molecule has 23 heavy (non-hydrogen) atoms. The fourth-order valence-electron chi connectivity index (χ4n) is 2.76. The molecule has 1 fully saturated rings. The van der Waals surface area contributed by atoms with Gasteiger partial charge < -0.3 is 14.4 Å². The van der Waals surface area contributed by atoms with Gasteiger partial charge in [-0.3, -0.25) is 9.59 Å². The molecule has 0 N–H and O–H groups in total. The van der Waals surface area contributed by atoms with Crippen LogP contribution in [0.3, 0.4) is 0 Å². The van der Waals surface area contributed by atoms with E-state index < -0.39 is 0 Å². The lowest BCUT2D eigenvalue weighted by Gasteiger charge is -2.32. The largest absolute Gasteiger partial charge is 0.496 e. The number of likely N-dealkylation sites (tertiary alicyclic amines) is 1. The van der Waals surface area contributed by atoms with Crippen molar-refractivity contribution in [3.63, 3.8) is 0 Å². The number of carbonyl (C=O) groups excluding carboxylic acids is 2. The van der Waals surface area contributed by atoms with E-state index in [1.54, 1.807) is 36.8 Å². The van der Waals surface area contributed by atoms with E-state index in [-0.39, 0.29) is 17.8 Å². The van der Waals surface area contributed by atoms with Crippen molar-refractivity contribution in [2.45, 2.75) is 24.7 Å². The van der Waals surface area contributed by atoms with Crippen molar-refractivity contribution in [3.8, 4) is 5.75 Å². The smallest absolute Gasteiger partial charge is 0.310 e. The van der Waals surface area contributed by atoms with Crippen LogP contribution in [0.1, 0.15) is 30.1 Å². The molecular formula is C17H23NO4S. The van der Waals surface area contributed by atoms with Gasteiger partial charge in [0.25, 0.3) is 5.91 Å². The number of ether oxygens (including phenoxy) is 2. The predicted octanol–water partition coefficient (Wildman–Crippen LogP) is 2.83. The summed E-state index contributed by atoms with van der Waals surface area (Å²) in [7, 11) is 1.56. The van der Waals surface area contributed by atoms with Gasteiger partial charge in [0.05, 0.1) is 25.2 Å². The van der Waals surface area contributed by atoms with Crippen molar-refractivity contribution in [1.29, 1.82) is 0 Å². The van der Waals surface area contributed by atoms with Crippen LogP contribution in [0.25, 0.3) is 0 Å². The number of esters is 1. The third-order valence-electron chi connectivity index (χ3n) is 3.97. The van der Waals surface area contributed by atoms with E-state index in [2.05, 4.69) is 0 Å². The summed E-state index contributed by atoms with van der Waals surface area (Å²) in [6.07, 6.45) is 3.55. The Morgan fingerprint density at radius 2 is 2.17 bits per heavy atom. The van der Waals surface area contributed by atoms with Gasteiger partial charge in [0.1, 0.15) is 5.75 Å². The predicted molar refractivity (Wildman–Crippen MR) is 90.0 cm³/mol. The molecular weight excluding hydrogens is 314 g/mol. The number of rotatable bonds is 5. The molecule has 1 heterocycles. The molecule has 0 aromatic heterocycles. The highest BCUT2D eigenvalue weighted by atomic mass is 32.2. The number of piperidine rings is 1.